The van der Waals surface area contributed by atoms with E-state index in [0.717, 1.165) is 12.1 Å². The lowest BCUT2D eigenvalue weighted by atomic mass is 10.2. The van der Waals surface area contributed by atoms with Crippen molar-refractivity contribution >= 4 is 17.9 Å². The van der Waals surface area contributed by atoms with E-state index in [1.165, 1.54) is 4.90 Å². The number of imide groups is 1. The summed E-state index contributed by atoms with van der Waals surface area (Å²) in [6.45, 7) is 4.15. The van der Waals surface area contributed by atoms with E-state index in [0.29, 0.717) is 25.6 Å². The highest BCUT2D eigenvalue weighted by atomic mass is 16.2. The van der Waals surface area contributed by atoms with Gasteiger partial charge < -0.3 is 16.0 Å². The van der Waals surface area contributed by atoms with Crippen LogP contribution in [-0.4, -0.2) is 49.0 Å². The fraction of sp³-hybridized carbons (Fsp3) is 0.400. The first-order valence-corrected chi connectivity index (χ1v) is 7.35. The van der Waals surface area contributed by atoms with Crippen LogP contribution >= 0.6 is 0 Å². The Balaban J connectivity index is 1.83. The summed E-state index contributed by atoms with van der Waals surface area (Å²) in [7, 11) is 0. The Morgan fingerprint density at radius 3 is 2.68 bits per heavy atom. The maximum atomic E-state index is 11.5. The van der Waals surface area contributed by atoms with Crippen LogP contribution in [-0.2, 0) is 11.3 Å². The summed E-state index contributed by atoms with van der Waals surface area (Å²) in [6.07, 6.45) is 0. The zero-order valence-corrected chi connectivity index (χ0v) is 12.6. The molecule has 7 heteroatoms. The van der Waals surface area contributed by atoms with Crippen LogP contribution in [0.25, 0.3) is 0 Å². The van der Waals surface area contributed by atoms with Gasteiger partial charge in [0.1, 0.15) is 0 Å². The molecule has 118 valence electrons. The third kappa shape index (κ3) is 4.47. The van der Waals surface area contributed by atoms with Gasteiger partial charge in [0.25, 0.3) is 0 Å². The van der Waals surface area contributed by atoms with Gasteiger partial charge >= 0.3 is 6.03 Å². The minimum atomic E-state index is -0.335. The van der Waals surface area contributed by atoms with Gasteiger partial charge in [0, 0.05) is 19.6 Å². The summed E-state index contributed by atoms with van der Waals surface area (Å²) in [5.41, 5.74) is 1.12. The van der Waals surface area contributed by atoms with Gasteiger partial charge in [0.05, 0.1) is 13.1 Å². The molecular weight excluding hydrogens is 282 g/mol. The van der Waals surface area contributed by atoms with Crippen molar-refractivity contribution in [3.05, 3.63) is 35.9 Å². The predicted octanol–water partition coefficient (Wildman–Crippen LogP) is 0.294. The van der Waals surface area contributed by atoms with Crippen molar-refractivity contribution in [1.29, 1.82) is 0 Å². The van der Waals surface area contributed by atoms with E-state index in [4.69, 9.17) is 0 Å². The number of aliphatic imine (C=N–C) groups is 1. The molecule has 0 aromatic heterocycles. The molecular formula is C15H21N5O2. The Bertz CT molecular complexity index is 528. The normalized spacial score (nSPS) is 15.0. The van der Waals surface area contributed by atoms with E-state index in [1.807, 2.05) is 37.3 Å². The molecule has 7 nitrogen and oxygen atoms in total. The molecule has 0 atom stereocenters. The summed E-state index contributed by atoms with van der Waals surface area (Å²) in [5, 5.41) is 8.75. The molecule has 1 aliphatic heterocycles. The van der Waals surface area contributed by atoms with Crippen LogP contribution in [0, 0.1) is 0 Å². The lowest BCUT2D eigenvalue weighted by molar-refractivity contribution is -0.124. The number of carbonyl (C=O) groups excluding carboxylic acids is 2. The first-order valence-electron chi connectivity index (χ1n) is 7.35. The monoisotopic (exact) mass is 303 g/mol. The van der Waals surface area contributed by atoms with Crippen molar-refractivity contribution in [3.63, 3.8) is 0 Å². The van der Waals surface area contributed by atoms with Crippen molar-refractivity contribution in [1.82, 2.24) is 20.9 Å². The van der Waals surface area contributed by atoms with Crippen molar-refractivity contribution < 1.29 is 9.59 Å². The number of benzene rings is 1. The molecule has 1 fully saturated rings. The molecule has 1 aromatic rings. The quantitative estimate of drug-likeness (QED) is 0.401. The van der Waals surface area contributed by atoms with Crippen molar-refractivity contribution in [3.8, 4) is 0 Å². The Hall–Kier alpha value is -2.57. The second-order valence-corrected chi connectivity index (χ2v) is 4.81. The molecule has 3 N–H and O–H groups in total. The maximum absolute atomic E-state index is 11.5. The number of amides is 3. The molecule has 1 saturated heterocycles. The van der Waals surface area contributed by atoms with Crippen LogP contribution in [0.4, 0.5) is 4.79 Å². The van der Waals surface area contributed by atoms with E-state index in [2.05, 4.69) is 20.9 Å². The molecule has 0 spiro atoms. The SMILES string of the molecule is CCNC(=NCc1ccccc1)NCCN1C(=O)CNC1=O. The van der Waals surface area contributed by atoms with Gasteiger partial charge in [-0.25, -0.2) is 9.79 Å². The van der Waals surface area contributed by atoms with Crippen LogP contribution < -0.4 is 16.0 Å². The largest absolute Gasteiger partial charge is 0.357 e. The average molecular weight is 303 g/mol. The summed E-state index contributed by atoms with van der Waals surface area (Å²) in [4.78, 5) is 28.6. The molecule has 1 aromatic carbocycles. The summed E-state index contributed by atoms with van der Waals surface area (Å²) < 4.78 is 0. The third-order valence-corrected chi connectivity index (χ3v) is 3.17. The third-order valence-electron chi connectivity index (χ3n) is 3.17. The molecule has 22 heavy (non-hydrogen) atoms. The predicted molar refractivity (Wildman–Crippen MR) is 84.4 cm³/mol. The minimum absolute atomic E-state index is 0.0843. The van der Waals surface area contributed by atoms with Crippen molar-refractivity contribution in [2.75, 3.05) is 26.2 Å². The lowest BCUT2D eigenvalue weighted by Gasteiger charge is -2.15. The molecule has 0 aliphatic carbocycles. The molecule has 0 radical (unpaired) electrons. The number of nitrogens with one attached hydrogen (secondary N) is 3. The van der Waals surface area contributed by atoms with Gasteiger partial charge in [0.15, 0.2) is 5.96 Å². The number of rotatable bonds is 6. The van der Waals surface area contributed by atoms with Gasteiger partial charge in [-0.05, 0) is 12.5 Å². The van der Waals surface area contributed by atoms with E-state index >= 15 is 0 Å². The number of urea groups is 1. The first-order chi connectivity index (χ1) is 10.7. The zero-order valence-electron chi connectivity index (χ0n) is 12.6. The number of hydrogen-bond acceptors (Lipinski definition) is 3. The van der Waals surface area contributed by atoms with Gasteiger partial charge in [-0.3, -0.25) is 9.69 Å². The molecule has 3 amide bonds. The van der Waals surface area contributed by atoms with Crippen molar-refractivity contribution in [2.45, 2.75) is 13.5 Å². The highest BCUT2D eigenvalue weighted by Crippen LogP contribution is 2.00. The Kier molecular flexibility index (Phi) is 5.76. The summed E-state index contributed by atoms with van der Waals surface area (Å²) in [6, 6.07) is 9.61. The highest BCUT2D eigenvalue weighted by molar-refractivity contribution is 6.01. The molecule has 1 heterocycles. The summed E-state index contributed by atoms with van der Waals surface area (Å²) in [5.74, 6) is 0.469. The van der Waals surface area contributed by atoms with Crippen LogP contribution in [0.5, 0.6) is 0 Å². The lowest BCUT2D eigenvalue weighted by Crippen LogP contribution is -2.43. The topological polar surface area (TPSA) is 85.8 Å². The fourth-order valence-electron chi connectivity index (χ4n) is 2.06. The van der Waals surface area contributed by atoms with Crippen LogP contribution in [0.1, 0.15) is 12.5 Å². The van der Waals surface area contributed by atoms with E-state index in [9.17, 15) is 9.59 Å². The van der Waals surface area contributed by atoms with Gasteiger partial charge in [-0.2, -0.15) is 0 Å². The van der Waals surface area contributed by atoms with E-state index in [-0.39, 0.29) is 18.5 Å². The Morgan fingerprint density at radius 1 is 1.27 bits per heavy atom. The van der Waals surface area contributed by atoms with Crippen LogP contribution in [0.3, 0.4) is 0 Å². The highest BCUT2D eigenvalue weighted by Gasteiger charge is 2.27. The van der Waals surface area contributed by atoms with Crippen molar-refractivity contribution in [2.24, 2.45) is 4.99 Å². The second kappa shape index (κ2) is 8.02. The van der Waals surface area contributed by atoms with E-state index < -0.39 is 0 Å². The molecule has 0 bridgehead atoms. The zero-order chi connectivity index (χ0) is 15.8. The molecule has 0 unspecified atom stereocenters. The number of guanidine groups is 1. The molecule has 0 saturated carbocycles. The first kappa shape index (κ1) is 15.8. The number of nitrogens with zero attached hydrogens (tertiary/aromatic N) is 2. The maximum Gasteiger partial charge on any atom is 0.324 e. The van der Waals surface area contributed by atoms with Gasteiger partial charge in [-0.15, -0.1) is 0 Å². The molecule has 1 aliphatic rings. The smallest absolute Gasteiger partial charge is 0.324 e. The van der Waals surface area contributed by atoms with E-state index in [1.54, 1.807) is 0 Å². The van der Waals surface area contributed by atoms with Gasteiger partial charge in [0.2, 0.25) is 5.91 Å². The Labute approximate surface area is 129 Å². The van der Waals surface area contributed by atoms with Crippen LogP contribution in [0.2, 0.25) is 0 Å². The number of carbonyl (C=O) groups is 2. The fourth-order valence-corrected chi connectivity index (χ4v) is 2.06. The Morgan fingerprint density at radius 2 is 2.05 bits per heavy atom. The minimum Gasteiger partial charge on any atom is -0.357 e. The summed E-state index contributed by atoms with van der Waals surface area (Å²) >= 11 is 0. The molecule has 2 rings (SSSR count). The average Bonchev–Trinajstić information content (AvgIpc) is 2.85. The number of hydrogen-bond donors (Lipinski definition) is 3. The van der Waals surface area contributed by atoms with Crippen LogP contribution in [0.15, 0.2) is 35.3 Å². The van der Waals surface area contributed by atoms with Gasteiger partial charge in [-0.1, -0.05) is 30.3 Å². The standard InChI is InChI=1S/C15H21N5O2/c1-2-16-14(18-10-12-6-4-3-5-7-12)17-8-9-20-13(21)11-19-15(20)22/h3-7H,2,8-11H2,1H3,(H,19,22)(H2,16,17,18). The second-order valence-electron chi connectivity index (χ2n) is 4.81.